The molecule has 1 atom stereocenters. The van der Waals surface area contributed by atoms with Crippen molar-refractivity contribution in [3.63, 3.8) is 0 Å². The summed E-state index contributed by atoms with van der Waals surface area (Å²) in [4.78, 5) is 23.6. The zero-order valence-corrected chi connectivity index (χ0v) is 15.1. The van der Waals surface area contributed by atoms with E-state index in [-0.39, 0.29) is 17.8 Å². The normalized spacial score (nSPS) is 15.8. The molecular weight excluding hydrogens is 376 g/mol. The number of hydrogen-bond acceptors (Lipinski definition) is 6. The second-order valence-electron chi connectivity index (χ2n) is 5.66. The average molecular weight is 391 g/mol. The first-order chi connectivity index (χ1) is 12.7. The zero-order valence-electron chi connectivity index (χ0n) is 13.6. The summed E-state index contributed by atoms with van der Waals surface area (Å²) in [6.45, 7) is 0.783. The number of thioether (sulfide) groups is 1. The van der Waals surface area contributed by atoms with Crippen molar-refractivity contribution in [2.45, 2.75) is 11.3 Å². The molecule has 1 aliphatic heterocycles. The number of para-hydroxylation sites is 2. The fourth-order valence-electron chi connectivity index (χ4n) is 2.50. The van der Waals surface area contributed by atoms with E-state index in [1.165, 1.54) is 18.0 Å². The molecular formula is C17H15ClN4O3S. The van der Waals surface area contributed by atoms with Crippen LogP contribution in [0.4, 0.5) is 0 Å². The lowest BCUT2D eigenvalue weighted by molar-refractivity contribution is -0.119. The molecule has 3 heterocycles. The van der Waals surface area contributed by atoms with Crippen molar-refractivity contribution in [2.24, 2.45) is 0 Å². The molecule has 2 aromatic heterocycles. The molecule has 26 heavy (non-hydrogen) atoms. The summed E-state index contributed by atoms with van der Waals surface area (Å²) >= 11 is 7.20. The minimum absolute atomic E-state index is 0.107. The molecule has 0 fully saturated rings. The number of H-pyrrole nitrogens is 1. The largest absolute Gasteiger partial charge is 0.486 e. The molecule has 1 unspecified atom stereocenters. The lowest BCUT2D eigenvalue weighted by atomic mass is 10.2. The van der Waals surface area contributed by atoms with Crippen molar-refractivity contribution in [1.29, 1.82) is 0 Å². The Morgan fingerprint density at radius 3 is 3.12 bits per heavy atom. The molecule has 0 saturated carbocycles. The maximum absolute atomic E-state index is 12.1. The molecule has 1 aliphatic rings. The molecule has 0 aliphatic carbocycles. The number of ether oxygens (including phenoxy) is 2. The monoisotopic (exact) mass is 390 g/mol. The first-order valence-corrected chi connectivity index (χ1v) is 9.33. The Morgan fingerprint density at radius 2 is 2.23 bits per heavy atom. The molecule has 7 nitrogen and oxygen atoms in total. The lowest BCUT2D eigenvalue weighted by Gasteiger charge is -2.26. The van der Waals surface area contributed by atoms with Crippen LogP contribution in [-0.2, 0) is 4.79 Å². The number of hydrogen-bond donors (Lipinski definition) is 2. The van der Waals surface area contributed by atoms with Crippen LogP contribution in [-0.4, -0.2) is 45.9 Å². The highest BCUT2D eigenvalue weighted by atomic mass is 35.5. The lowest BCUT2D eigenvalue weighted by Crippen LogP contribution is -2.41. The third-order valence-corrected chi connectivity index (χ3v) is 4.80. The summed E-state index contributed by atoms with van der Waals surface area (Å²) in [5, 5.41) is 4.01. The molecule has 0 bridgehead atoms. The van der Waals surface area contributed by atoms with E-state index in [4.69, 9.17) is 21.1 Å². The van der Waals surface area contributed by atoms with Crippen LogP contribution in [0.25, 0.3) is 11.2 Å². The van der Waals surface area contributed by atoms with Crippen LogP contribution in [0.1, 0.15) is 0 Å². The van der Waals surface area contributed by atoms with Gasteiger partial charge >= 0.3 is 0 Å². The van der Waals surface area contributed by atoms with Crippen molar-refractivity contribution in [1.82, 2.24) is 20.3 Å². The first-order valence-electron chi connectivity index (χ1n) is 7.96. The molecule has 0 saturated heterocycles. The Hall–Kier alpha value is -2.45. The molecule has 9 heteroatoms. The number of pyridine rings is 1. The van der Waals surface area contributed by atoms with Gasteiger partial charge < -0.3 is 19.8 Å². The Morgan fingerprint density at radius 1 is 1.38 bits per heavy atom. The molecule has 1 aromatic carbocycles. The van der Waals surface area contributed by atoms with E-state index in [9.17, 15) is 4.79 Å². The van der Waals surface area contributed by atoms with Crippen LogP contribution in [0.15, 0.2) is 41.7 Å². The number of fused-ring (bicyclic) bond motifs is 2. The first kappa shape index (κ1) is 17.0. The van der Waals surface area contributed by atoms with Gasteiger partial charge in [-0.15, -0.1) is 0 Å². The highest BCUT2D eigenvalue weighted by Gasteiger charge is 2.21. The third kappa shape index (κ3) is 3.86. The van der Waals surface area contributed by atoms with E-state index < -0.39 is 0 Å². The fraction of sp³-hybridized carbons (Fsp3) is 0.235. The number of benzene rings is 1. The molecule has 0 spiro atoms. The number of aromatic nitrogens is 3. The maximum atomic E-state index is 12.1. The standard InChI is InChI=1S/C17H15ClN4O3S/c18-10-5-12-16(20-6-10)22-17(21-12)26-9-15(23)19-7-11-8-24-13-3-1-2-4-14(13)25-11/h1-6,11H,7-9H2,(H,19,23)(H,20,21,22). The van der Waals surface area contributed by atoms with Crippen molar-refractivity contribution in [2.75, 3.05) is 18.9 Å². The van der Waals surface area contributed by atoms with E-state index >= 15 is 0 Å². The Kier molecular flexibility index (Phi) is 4.85. The highest BCUT2D eigenvalue weighted by Crippen LogP contribution is 2.30. The number of rotatable bonds is 5. The Balaban J connectivity index is 1.26. The summed E-state index contributed by atoms with van der Waals surface area (Å²) in [5.74, 6) is 1.55. The zero-order chi connectivity index (χ0) is 17.9. The quantitative estimate of drug-likeness (QED) is 0.651. The summed E-state index contributed by atoms with van der Waals surface area (Å²) < 4.78 is 11.4. The van der Waals surface area contributed by atoms with Gasteiger partial charge in [-0.25, -0.2) is 9.97 Å². The van der Waals surface area contributed by atoms with Crippen LogP contribution in [0, 0.1) is 0 Å². The molecule has 134 valence electrons. The van der Waals surface area contributed by atoms with E-state index in [0.717, 1.165) is 11.3 Å². The van der Waals surface area contributed by atoms with Gasteiger partial charge in [-0.2, -0.15) is 0 Å². The van der Waals surface area contributed by atoms with Crippen molar-refractivity contribution < 1.29 is 14.3 Å². The second-order valence-corrected chi connectivity index (χ2v) is 7.06. The number of amides is 1. The second kappa shape index (κ2) is 7.43. The van der Waals surface area contributed by atoms with Gasteiger partial charge in [0.05, 0.1) is 22.8 Å². The molecule has 0 radical (unpaired) electrons. The van der Waals surface area contributed by atoms with Crippen molar-refractivity contribution in [3.05, 3.63) is 41.6 Å². The van der Waals surface area contributed by atoms with Gasteiger partial charge in [-0.1, -0.05) is 35.5 Å². The van der Waals surface area contributed by atoms with Crippen LogP contribution in [0.3, 0.4) is 0 Å². The van der Waals surface area contributed by atoms with Gasteiger partial charge in [0, 0.05) is 6.20 Å². The number of nitrogens with zero attached hydrogens (tertiary/aromatic N) is 2. The predicted molar refractivity (Wildman–Crippen MR) is 99.0 cm³/mol. The van der Waals surface area contributed by atoms with Gasteiger partial charge in [0.2, 0.25) is 5.91 Å². The number of aromatic amines is 1. The average Bonchev–Trinajstić information content (AvgIpc) is 3.06. The Bertz CT molecular complexity index is 949. The minimum atomic E-state index is -0.212. The molecule has 1 amide bonds. The number of carbonyl (C=O) groups is 1. The van der Waals surface area contributed by atoms with E-state index in [0.29, 0.717) is 34.7 Å². The van der Waals surface area contributed by atoms with E-state index in [2.05, 4.69) is 20.3 Å². The number of nitrogens with one attached hydrogen (secondary N) is 2. The summed E-state index contributed by atoms with van der Waals surface area (Å²) in [7, 11) is 0. The Labute approximate surface area is 158 Å². The number of halogens is 1. The molecule has 3 aromatic rings. The van der Waals surface area contributed by atoms with Crippen molar-refractivity contribution in [3.8, 4) is 11.5 Å². The van der Waals surface area contributed by atoms with Crippen LogP contribution in [0.5, 0.6) is 11.5 Å². The van der Waals surface area contributed by atoms with E-state index in [1.54, 1.807) is 6.07 Å². The van der Waals surface area contributed by atoms with Gasteiger partial charge in [0.15, 0.2) is 22.3 Å². The fourth-order valence-corrected chi connectivity index (χ4v) is 3.36. The maximum Gasteiger partial charge on any atom is 0.230 e. The number of carbonyl (C=O) groups excluding carboxylic acids is 1. The smallest absolute Gasteiger partial charge is 0.230 e. The van der Waals surface area contributed by atoms with Gasteiger partial charge in [0.25, 0.3) is 0 Å². The van der Waals surface area contributed by atoms with Gasteiger partial charge in [-0.05, 0) is 18.2 Å². The summed E-state index contributed by atoms with van der Waals surface area (Å²) in [5.41, 5.74) is 1.32. The van der Waals surface area contributed by atoms with Crippen LogP contribution in [0.2, 0.25) is 5.02 Å². The van der Waals surface area contributed by atoms with Gasteiger partial charge in [0.1, 0.15) is 12.7 Å². The van der Waals surface area contributed by atoms with Crippen LogP contribution < -0.4 is 14.8 Å². The third-order valence-electron chi connectivity index (χ3n) is 3.72. The molecule has 4 rings (SSSR count). The highest BCUT2D eigenvalue weighted by molar-refractivity contribution is 7.99. The van der Waals surface area contributed by atoms with Crippen molar-refractivity contribution >= 4 is 40.4 Å². The summed E-state index contributed by atoms with van der Waals surface area (Å²) in [6.07, 6.45) is 1.33. The predicted octanol–water partition coefficient (Wildman–Crippen LogP) is 2.66. The van der Waals surface area contributed by atoms with E-state index in [1.807, 2.05) is 24.3 Å². The molecule has 2 N–H and O–H groups in total. The topological polar surface area (TPSA) is 89.1 Å². The minimum Gasteiger partial charge on any atom is -0.486 e. The van der Waals surface area contributed by atoms with Crippen LogP contribution >= 0.6 is 23.4 Å². The number of imidazole rings is 1. The van der Waals surface area contributed by atoms with Gasteiger partial charge in [-0.3, -0.25) is 4.79 Å². The SMILES string of the molecule is O=C(CSc1nc2ncc(Cl)cc2[nH]1)NCC1COc2ccccc2O1. The summed E-state index contributed by atoms with van der Waals surface area (Å²) in [6, 6.07) is 9.23.